The molecule has 0 aliphatic rings. The van der Waals surface area contributed by atoms with Gasteiger partial charge in [-0.1, -0.05) is 28.1 Å². The van der Waals surface area contributed by atoms with Gasteiger partial charge in [0.05, 0.1) is 6.54 Å². The van der Waals surface area contributed by atoms with Crippen LogP contribution in [0, 0.1) is 0 Å². The summed E-state index contributed by atoms with van der Waals surface area (Å²) in [6.07, 6.45) is 2.11. The molecule has 0 aliphatic heterocycles. The second kappa shape index (κ2) is 9.26. The number of hydrogen-bond donors (Lipinski definition) is 1. The molecular weight excluding hydrogens is 322 g/mol. The molecule has 1 N–H and O–H groups in total. The summed E-state index contributed by atoms with van der Waals surface area (Å²) >= 11 is 5.28. The normalized spacial score (nSPS) is 11.5. The maximum atomic E-state index is 4.62. The molecule has 0 aliphatic carbocycles. The molecule has 0 bridgehead atoms. The molecule has 0 atom stereocenters. The van der Waals surface area contributed by atoms with E-state index in [9.17, 15) is 0 Å². The van der Waals surface area contributed by atoms with Gasteiger partial charge in [0.2, 0.25) is 0 Å². The zero-order chi connectivity index (χ0) is 14.1. The number of halogens is 1. The molecule has 0 unspecified atom stereocenters. The van der Waals surface area contributed by atoms with E-state index < -0.39 is 0 Å². The highest BCUT2D eigenvalue weighted by Gasteiger charge is 2.05. The molecule has 1 aromatic carbocycles. The van der Waals surface area contributed by atoms with Crippen LogP contribution in [0.3, 0.4) is 0 Å². The van der Waals surface area contributed by atoms with Crippen molar-refractivity contribution in [2.24, 2.45) is 4.99 Å². The van der Waals surface area contributed by atoms with Gasteiger partial charge < -0.3 is 10.2 Å². The molecule has 3 nitrogen and oxygen atoms in total. The van der Waals surface area contributed by atoms with E-state index in [2.05, 4.69) is 75.6 Å². The minimum atomic E-state index is 0.855. The number of benzene rings is 1. The Balaban J connectivity index is 2.62. The van der Waals surface area contributed by atoms with Crippen LogP contribution in [0.25, 0.3) is 0 Å². The Labute approximate surface area is 129 Å². The van der Waals surface area contributed by atoms with Gasteiger partial charge in [0.25, 0.3) is 0 Å². The van der Waals surface area contributed by atoms with Crippen LogP contribution >= 0.6 is 27.7 Å². The van der Waals surface area contributed by atoms with Crippen molar-refractivity contribution in [3.8, 4) is 0 Å². The Hall–Kier alpha value is -0.680. The largest absolute Gasteiger partial charge is 0.357 e. The zero-order valence-corrected chi connectivity index (χ0v) is 14.2. The zero-order valence-electron chi connectivity index (χ0n) is 11.8. The highest BCUT2D eigenvalue weighted by Crippen LogP contribution is 2.11. The van der Waals surface area contributed by atoms with Crippen LogP contribution in [0.1, 0.15) is 12.5 Å². The van der Waals surface area contributed by atoms with E-state index in [4.69, 9.17) is 0 Å². The molecule has 0 radical (unpaired) electrons. The summed E-state index contributed by atoms with van der Waals surface area (Å²) in [7, 11) is 2.07. The first kappa shape index (κ1) is 16.4. The van der Waals surface area contributed by atoms with E-state index in [-0.39, 0.29) is 0 Å². The Bertz CT molecular complexity index is 392. The average molecular weight is 344 g/mol. The number of nitrogens with one attached hydrogen (secondary N) is 1. The highest BCUT2D eigenvalue weighted by molar-refractivity contribution is 9.10. The quantitative estimate of drug-likeness (QED) is 0.488. The fraction of sp³-hybridized carbons (Fsp3) is 0.500. The maximum Gasteiger partial charge on any atom is 0.193 e. The molecule has 0 spiro atoms. The summed E-state index contributed by atoms with van der Waals surface area (Å²) < 4.78 is 1.11. The van der Waals surface area contributed by atoms with E-state index in [1.807, 2.05) is 11.8 Å². The number of nitrogens with zero attached hydrogens (tertiary/aromatic N) is 2. The van der Waals surface area contributed by atoms with E-state index in [0.29, 0.717) is 0 Å². The maximum absolute atomic E-state index is 4.62. The van der Waals surface area contributed by atoms with Crippen molar-refractivity contribution in [3.63, 3.8) is 0 Å². The summed E-state index contributed by atoms with van der Waals surface area (Å²) in [6, 6.07) is 8.40. The molecule has 5 heteroatoms. The molecule has 0 aromatic heterocycles. The first-order valence-electron chi connectivity index (χ1n) is 6.40. The van der Waals surface area contributed by atoms with Gasteiger partial charge in [0.15, 0.2) is 5.96 Å². The van der Waals surface area contributed by atoms with Crippen molar-refractivity contribution in [1.29, 1.82) is 0 Å². The molecule has 0 amide bonds. The third kappa shape index (κ3) is 6.34. The molecule has 0 saturated heterocycles. The van der Waals surface area contributed by atoms with Crippen molar-refractivity contribution in [2.45, 2.75) is 13.5 Å². The van der Waals surface area contributed by atoms with Crippen molar-refractivity contribution < 1.29 is 0 Å². The van der Waals surface area contributed by atoms with Gasteiger partial charge in [-0.3, -0.25) is 4.99 Å². The van der Waals surface area contributed by atoms with E-state index in [0.717, 1.165) is 35.8 Å². The molecule has 0 heterocycles. The number of thioether (sulfide) groups is 1. The number of hydrogen-bond acceptors (Lipinski definition) is 2. The second-order valence-electron chi connectivity index (χ2n) is 4.21. The van der Waals surface area contributed by atoms with Gasteiger partial charge in [0.1, 0.15) is 0 Å². The molecule has 0 fully saturated rings. The minimum absolute atomic E-state index is 0.855. The molecular formula is C14H22BrN3S. The Morgan fingerprint density at radius 1 is 1.37 bits per heavy atom. The van der Waals surface area contributed by atoms with Gasteiger partial charge in [-0.05, 0) is 30.9 Å². The summed E-state index contributed by atoms with van der Waals surface area (Å²) in [4.78, 5) is 6.78. The van der Waals surface area contributed by atoms with Gasteiger partial charge in [0, 0.05) is 30.4 Å². The fourth-order valence-corrected chi connectivity index (χ4v) is 2.19. The Morgan fingerprint density at radius 2 is 2.05 bits per heavy atom. The van der Waals surface area contributed by atoms with Crippen molar-refractivity contribution in [1.82, 2.24) is 10.2 Å². The predicted octanol–water partition coefficient (Wildman–Crippen LogP) is 3.21. The van der Waals surface area contributed by atoms with Crippen LogP contribution in [-0.4, -0.2) is 43.0 Å². The fourth-order valence-electron chi connectivity index (χ4n) is 1.65. The summed E-state index contributed by atoms with van der Waals surface area (Å²) in [6.45, 7) is 4.70. The van der Waals surface area contributed by atoms with Crippen LogP contribution in [-0.2, 0) is 6.54 Å². The molecule has 0 saturated carbocycles. The lowest BCUT2D eigenvalue weighted by molar-refractivity contribution is 0.477. The lowest BCUT2D eigenvalue weighted by Gasteiger charge is -2.22. The Morgan fingerprint density at radius 3 is 2.63 bits per heavy atom. The van der Waals surface area contributed by atoms with Gasteiger partial charge in [-0.25, -0.2) is 0 Å². The van der Waals surface area contributed by atoms with E-state index in [1.54, 1.807) is 0 Å². The lowest BCUT2D eigenvalue weighted by Crippen LogP contribution is -2.38. The van der Waals surface area contributed by atoms with Gasteiger partial charge in [-0.2, -0.15) is 11.8 Å². The number of aliphatic imine (C=N–C) groups is 1. The smallest absolute Gasteiger partial charge is 0.193 e. The Kier molecular flexibility index (Phi) is 7.98. The van der Waals surface area contributed by atoms with Crippen LogP contribution in [0.2, 0.25) is 0 Å². The standard InChI is InChI=1S/C14H22BrN3S/c1-4-16-14(17-9-10-19-3)18(2)11-12-5-7-13(15)8-6-12/h5-8H,4,9-11H2,1-3H3,(H,16,17). The van der Waals surface area contributed by atoms with Gasteiger partial charge in [-0.15, -0.1) is 0 Å². The SMILES string of the molecule is CCNC(=NCCSC)N(C)Cc1ccc(Br)cc1. The van der Waals surface area contributed by atoms with Crippen LogP contribution in [0.15, 0.2) is 33.7 Å². The van der Waals surface area contributed by atoms with Crippen molar-refractivity contribution in [3.05, 3.63) is 34.3 Å². The molecule has 1 rings (SSSR count). The topological polar surface area (TPSA) is 27.6 Å². The molecule has 1 aromatic rings. The third-order valence-corrected chi connectivity index (χ3v) is 3.71. The van der Waals surface area contributed by atoms with Crippen LogP contribution in [0.4, 0.5) is 0 Å². The minimum Gasteiger partial charge on any atom is -0.357 e. The first-order chi connectivity index (χ1) is 9.17. The first-order valence-corrected chi connectivity index (χ1v) is 8.59. The van der Waals surface area contributed by atoms with Crippen molar-refractivity contribution >= 4 is 33.7 Å². The summed E-state index contributed by atoms with van der Waals surface area (Å²) in [5.41, 5.74) is 1.28. The molecule has 106 valence electrons. The van der Waals surface area contributed by atoms with Crippen LogP contribution < -0.4 is 5.32 Å². The van der Waals surface area contributed by atoms with E-state index in [1.165, 1.54) is 5.56 Å². The highest BCUT2D eigenvalue weighted by atomic mass is 79.9. The molecule has 19 heavy (non-hydrogen) atoms. The van der Waals surface area contributed by atoms with E-state index >= 15 is 0 Å². The number of rotatable bonds is 6. The average Bonchev–Trinajstić information content (AvgIpc) is 2.40. The lowest BCUT2D eigenvalue weighted by atomic mass is 10.2. The number of guanidine groups is 1. The monoisotopic (exact) mass is 343 g/mol. The van der Waals surface area contributed by atoms with Crippen molar-refractivity contribution in [2.75, 3.05) is 32.1 Å². The van der Waals surface area contributed by atoms with Gasteiger partial charge >= 0.3 is 0 Å². The predicted molar refractivity (Wildman–Crippen MR) is 90.0 cm³/mol. The summed E-state index contributed by atoms with van der Waals surface area (Å²) in [5, 5.41) is 3.33. The third-order valence-electron chi connectivity index (χ3n) is 2.59. The second-order valence-corrected chi connectivity index (χ2v) is 6.11. The van der Waals surface area contributed by atoms with Crippen LogP contribution in [0.5, 0.6) is 0 Å². The summed E-state index contributed by atoms with van der Waals surface area (Å²) in [5.74, 6) is 2.03.